The summed E-state index contributed by atoms with van der Waals surface area (Å²) in [5, 5.41) is 12.3. The zero-order valence-corrected chi connectivity index (χ0v) is 13.1. The van der Waals surface area contributed by atoms with Gasteiger partial charge in [0.05, 0.1) is 0 Å². The van der Waals surface area contributed by atoms with Gasteiger partial charge in [0.1, 0.15) is 0 Å². The highest BCUT2D eigenvalue weighted by molar-refractivity contribution is 5.74. The van der Waals surface area contributed by atoms with Gasteiger partial charge in [-0.05, 0) is 37.0 Å². The summed E-state index contributed by atoms with van der Waals surface area (Å²) in [4.78, 5) is 13.8. The second kappa shape index (κ2) is 6.26. The molecular weight excluding hydrogens is 297 g/mol. The number of amides is 2. The number of aliphatic hydroxyl groups excluding tert-OH is 1. The van der Waals surface area contributed by atoms with Gasteiger partial charge in [-0.25, -0.2) is 4.79 Å². The molecule has 0 spiro atoms. The van der Waals surface area contributed by atoms with Crippen LogP contribution in [0.2, 0.25) is 0 Å². The number of nitrogens with one attached hydrogen (secondary N) is 1. The van der Waals surface area contributed by atoms with E-state index in [1.54, 1.807) is 4.90 Å². The number of urea groups is 1. The quantitative estimate of drug-likeness (QED) is 0.821. The number of alkyl halides is 3. The number of aliphatic hydroxyl groups is 1. The van der Waals surface area contributed by atoms with Crippen LogP contribution in [0.5, 0.6) is 0 Å². The van der Waals surface area contributed by atoms with E-state index in [-0.39, 0.29) is 43.4 Å². The minimum absolute atomic E-state index is 0.0699. The third-order valence-electron chi connectivity index (χ3n) is 5.16. The lowest BCUT2D eigenvalue weighted by molar-refractivity contribution is -0.222. The summed E-state index contributed by atoms with van der Waals surface area (Å²) >= 11 is 0. The molecule has 1 aliphatic heterocycles. The molecule has 2 rings (SSSR count). The molecule has 1 aliphatic carbocycles. The fourth-order valence-electron chi connectivity index (χ4n) is 3.52. The van der Waals surface area contributed by atoms with Crippen LogP contribution in [-0.4, -0.2) is 47.4 Å². The molecule has 128 valence electrons. The summed E-state index contributed by atoms with van der Waals surface area (Å²) in [5.74, 6) is -0.813. The zero-order valence-electron chi connectivity index (χ0n) is 13.1. The molecule has 2 fully saturated rings. The van der Waals surface area contributed by atoms with Gasteiger partial charge in [0, 0.05) is 19.1 Å². The molecule has 2 atom stereocenters. The summed E-state index contributed by atoms with van der Waals surface area (Å²) < 4.78 is 37.5. The number of nitrogens with zero attached hydrogens (tertiary/aromatic N) is 1. The molecule has 2 amide bonds. The van der Waals surface area contributed by atoms with E-state index in [1.807, 2.05) is 0 Å². The van der Waals surface area contributed by atoms with Crippen molar-refractivity contribution in [1.82, 2.24) is 10.2 Å². The van der Waals surface area contributed by atoms with Crippen LogP contribution in [0.1, 0.15) is 46.0 Å². The van der Waals surface area contributed by atoms with Crippen LogP contribution in [0.25, 0.3) is 0 Å². The average molecular weight is 322 g/mol. The molecule has 2 N–H and O–H groups in total. The summed E-state index contributed by atoms with van der Waals surface area (Å²) in [6.07, 6.45) is -3.41. The fourth-order valence-corrected chi connectivity index (χ4v) is 3.52. The van der Waals surface area contributed by atoms with Crippen LogP contribution in [0.15, 0.2) is 0 Å². The lowest BCUT2D eigenvalue weighted by Gasteiger charge is -2.36. The van der Waals surface area contributed by atoms with Crippen molar-refractivity contribution in [1.29, 1.82) is 0 Å². The van der Waals surface area contributed by atoms with E-state index >= 15 is 0 Å². The maximum absolute atomic E-state index is 12.5. The van der Waals surface area contributed by atoms with Crippen LogP contribution in [0.4, 0.5) is 18.0 Å². The van der Waals surface area contributed by atoms with Crippen LogP contribution in [0.3, 0.4) is 0 Å². The van der Waals surface area contributed by atoms with Gasteiger partial charge in [0.2, 0.25) is 0 Å². The first kappa shape index (κ1) is 17.4. The molecule has 22 heavy (non-hydrogen) atoms. The summed E-state index contributed by atoms with van der Waals surface area (Å²) in [5.41, 5.74) is 0.0699. The maximum Gasteiger partial charge on any atom is 0.414 e. The van der Waals surface area contributed by atoms with Crippen molar-refractivity contribution < 1.29 is 23.1 Å². The molecule has 1 heterocycles. The molecule has 7 heteroatoms. The first-order valence-corrected chi connectivity index (χ1v) is 7.91. The second-order valence-corrected chi connectivity index (χ2v) is 7.19. The molecule has 0 bridgehead atoms. The number of hydrogen-bond donors (Lipinski definition) is 2. The predicted molar refractivity (Wildman–Crippen MR) is 76.3 cm³/mol. The minimum atomic E-state index is -4.58. The van der Waals surface area contributed by atoms with Gasteiger partial charge < -0.3 is 15.3 Å². The number of rotatable bonds is 2. The summed E-state index contributed by atoms with van der Waals surface area (Å²) in [6.45, 7) is 4.77. The Bertz CT molecular complexity index is 404. The van der Waals surface area contributed by atoms with Crippen molar-refractivity contribution in [3.63, 3.8) is 0 Å². The predicted octanol–water partition coefficient (Wildman–Crippen LogP) is 2.91. The van der Waals surface area contributed by atoms with Gasteiger partial charge in [-0.1, -0.05) is 20.3 Å². The molecule has 4 nitrogen and oxygen atoms in total. The van der Waals surface area contributed by atoms with Crippen molar-refractivity contribution >= 4 is 6.03 Å². The highest BCUT2D eigenvalue weighted by Gasteiger charge is 2.44. The lowest BCUT2D eigenvalue weighted by atomic mass is 9.87. The highest BCUT2D eigenvalue weighted by atomic mass is 19.4. The topological polar surface area (TPSA) is 52.6 Å². The molecule has 0 aromatic rings. The normalized spacial score (nSPS) is 27.7. The van der Waals surface area contributed by atoms with Gasteiger partial charge >= 0.3 is 12.2 Å². The number of halogens is 3. The maximum atomic E-state index is 12.5. The zero-order chi connectivity index (χ0) is 16.5. The van der Waals surface area contributed by atoms with E-state index < -0.39 is 18.2 Å². The van der Waals surface area contributed by atoms with Gasteiger partial charge in [-0.3, -0.25) is 0 Å². The second-order valence-electron chi connectivity index (χ2n) is 7.19. The van der Waals surface area contributed by atoms with E-state index in [0.29, 0.717) is 0 Å². The van der Waals surface area contributed by atoms with Crippen molar-refractivity contribution in [2.75, 3.05) is 13.1 Å². The molecular formula is C15H25F3N2O2. The molecule has 0 aromatic carbocycles. The lowest BCUT2D eigenvalue weighted by Crippen LogP contribution is -2.52. The van der Waals surface area contributed by atoms with Gasteiger partial charge in [0.15, 0.2) is 6.10 Å². The smallest absolute Gasteiger partial charge is 0.383 e. The minimum Gasteiger partial charge on any atom is -0.383 e. The average Bonchev–Trinajstić information content (AvgIpc) is 2.76. The van der Waals surface area contributed by atoms with Crippen molar-refractivity contribution in [3.05, 3.63) is 0 Å². The van der Waals surface area contributed by atoms with Crippen LogP contribution >= 0.6 is 0 Å². The Morgan fingerprint density at radius 3 is 2.32 bits per heavy atom. The Morgan fingerprint density at radius 1 is 1.27 bits per heavy atom. The third-order valence-corrected chi connectivity index (χ3v) is 5.16. The van der Waals surface area contributed by atoms with Crippen LogP contribution in [-0.2, 0) is 0 Å². The number of likely N-dealkylation sites (tertiary alicyclic amines) is 1. The van der Waals surface area contributed by atoms with Gasteiger partial charge in [-0.15, -0.1) is 0 Å². The third kappa shape index (κ3) is 3.86. The van der Waals surface area contributed by atoms with Crippen molar-refractivity contribution in [2.45, 2.75) is 64.3 Å². The highest BCUT2D eigenvalue weighted by Crippen LogP contribution is 2.37. The molecule has 2 aliphatic rings. The first-order chi connectivity index (χ1) is 10.1. The number of carbonyl (C=O) groups is 1. The first-order valence-electron chi connectivity index (χ1n) is 7.91. The van der Waals surface area contributed by atoms with Crippen molar-refractivity contribution in [3.8, 4) is 0 Å². The Balaban J connectivity index is 1.83. The Hall–Kier alpha value is -0.980. The van der Waals surface area contributed by atoms with Gasteiger partial charge in [0.25, 0.3) is 0 Å². The standard InChI is InChI=1S/C15H25F3N2O2/c1-14(2)7-3-4-11(14)19-13(22)20-8-5-10(6-9-20)12(21)15(16,17)18/h10-12,21H,3-9H2,1-2H3,(H,19,22). The Morgan fingerprint density at radius 2 is 1.86 bits per heavy atom. The van der Waals surface area contributed by atoms with E-state index in [4.69, 9.17) is 0 Å². The van der Waals surface area contributed by atoms with Crippen LogP contribution in [0, 0.1) is 11.3 Å². The molecule has 1 saturated carbocycles. The number of carbonyl (C=O) groups excluding carboxylic acids is 1. The van der Waals surface area contributed by atoms with E-state index in [9.17, 15) is 23.1 Å². The largest absolute Gasteiger partial charge is 0.414 e. The summed E-state index contributed by atoms with van der Waals surface area (Å²) in [7, 11) is 0. The van der Waals surface area contributed by atoms with E-state index in [0.717, 1.165) is 19.3 Å². The Kier molecular flexibility index (Phi) is 4.94. The Labute approximate surface area is 129 Å². The SMILES string of the molecule is CC1(C)CCCC1NC(=O)N1CCC(C(O)C(F)(F)F)CC1. The fraction of sp³-hybridized carbons (Fsp3) is 0.933. The van der Waals surface area contributed by atoms with E-state index in [1.165, 1.54) is 0 Å². The number of piperidine rings is 1. The monoisotopic (exact) mass is 322 g/mol. The van der Waals surface area contributed by atoms with Crippen LogP contribution < -0.4 is 5.32 Å². The molecule has 1 saturated heterocycles. The number of hydrogen-bond acceptors (Lipinski definition) is 2. The van der Waals surface area contributed by atoms with Gasteiger partial charge in [-0.2, -0.15) is 13.2 Å². The molecule has 0 radical (unpaired) electrons. The molecule has 2 unspecified atom stereocenters. The molecule has 0 aromatic heterocycles. The van der Waals surface area contributed by atoms with E-state index in [2.05, 4.69) is 19.2 Å². The van der Waals surface area contributed by atoms with Crippen molar-refractivity contribution in [2.24, 2.45) is 11.3 Å². The summed E-state index contributed by atoms with van der Waals surface area (Å²) in [6, 6.07) is -0.0709.